The molecule has 90 valence electrons. The van der Waals surface area contributed by atoms with Gasteiger partial charge in [-0.2, -0.15) is 0 Å². The molecule has 2 atom stereocenters. The first kappa shape index (κ1) is 12.3. The van der Waals surface area contributed by atoms with Gasteiger partial charge in [0.15, 0.2) is 8.68 Å². The first-order valence-corrected chi connectivity index (χ1v) is 7.79. The molecule has 1 fully saturated rings. The second kappa shape index (κ2) is 4.60. The minimum atomic E-state index is -3.42. The van der Waals surface area contributed by atoms with Crippen LogP contribution in [-0.2, 0) is 10.0 Å². The normalized spacial score (nSPS) is 26.1. The van der Waals surface area contributed by atoms with Crippen LogP contribution in [0, 0.1) is 5.92 Å². The Bertz CT molecular complexity index is 472. The van der Waals surface area contributed by atoms with Gasteiger partial charge in [-0.15, -0.1) is 0 Å². The number of sulfonamides is 1. The molecule has 16 heavy (non-hydrogen) atoms. The van der Waals surface area contributed by atoms with Gasteiger partial charge in [-0.05, 0) is 25.2 Å². The molecule has 1 N–H and O–H groups in total. The Balaban J connectivity index is 2.09. The van der Waals surface area contributed by atoms with Crippen molar-refractivity contribution in [1.29, 1.82) is 0 Å². The SMILES string of the molecule is CC1CCC(NS(=O)(=O)c2cnc(Cl)s2)C1. The van der Waals surface area contributed by atoms with Crippen LogP contribution in [0.25, 0.3) is 0 Å². The smallest absolute Gasteiger partial charge is 0.232 e. The Morgan fingerprint density at radius 1 is 1.56 bits per heavy atom. The Kier molecular flexibility index (Phi) is 3.53. The van der Waals surface area contributed by atoms with Crippen LogP contribution in [0.15, 0.2) is 10.4 Å². The number of aromatic nitrogens is 1. The lowest BCUT2D eigenvalue weighted by molar-refractivity contribution is 0.539. The lowest BCUT2D eigenvalue weighted by Gasteiger charge is -2.11. The third kappa shape index (κ3) is 2.74. The quantitative estimate of drug-likeness (QED) is 0.924. The molecule has 0 bridgehead atoms. The van der Waals surface area contributed by atoms with Crippen LogP contribution in [0.5, 0.6) is 0 Å². The fraction of sp³-hybridized carbons (Fsp3) is 0.667. The lowest BCUT2D eigenvalue weighted by atomic mass is 10.1. The summed E-state index contributed by atoms with van der Waals surface area (Å²) in [5.41, 5.74) is 0. The summed E-state index contributed by atoms with van der Waals surface area (Å²) < 4.78 is 27.0. The van der Waals surface area contributed by atoms with E-state index in [1.807, 2.05) is 0 Å². The summed E-state index contributed by atoms with van der Waals surface area (Å²) in [4.78, 5) is 3.74. The lowest BCUT2D eigenvalue weighted by Crippen LogP contribution is -2.32. The summed E-state index contributed by atoms with van der Waals surface area (Å²) in [5, 5.41) is 0. The van der Waals surface area contributed by atoms with Crippen LogP contribution in [0.2, 0.25) is 4.47 Å². The Morgan fingerprint density at radius 2 is 2.31 bits per heavy atom. The van der Waals surface area contributed by atoms with Crippen molar-refractivity contribution < 1.29 is 8.42 Å². The van der Waals surface area contributed by atoms with Crippen LogP contribution >= 0.6 is 22.9 Å². The van der Waals surface area contributed by atoms with Gasteiger partial charge in [0, 0.05) is 6.04 Å². The first-order chi connectivity index (χ1) is 7.47. The van der Waals surface area contributed by atoms with Gasteiger partial charge < -0.3 is 0 Å². The molecule has 1 aromatic heterocycles. The average molecular weight is 281 g/mol. The van der Waals surface area contributed by atoms with Gasteiger partial charge in [0.1, 0.15) is 0 Å². The fourth-order valence-electron chi connectivity index (χ4n) is 1.96. The van der Waals surface area contributed by atoms with Gasteiger partial charge in [0.25, 0.3) is 10.0 Å². The fourth-order valence-corrected chi connectivity index (χ4v) is 4.55. The van der Waals surface area contributed by atoms with Gasteiger partial charge in [-0.3, -0.25) is 0 Å². The first-order valence-electron chi connectivity index (χ1n) is 5.11. The van der Waals surface area contributed by atoms with Crippen molar-refractivity contribution in [1.82, 2.24) is 9.71 Å². The zero-order valence-electron chi connectivity index (χ0n) is 8.81. The average Bonchev–Trinajstić information content (AvgIpc) is 2.75. The van der Waals surface area contributed by atoms with E-state index in [9.17, 15) is 8.42 Å². The monoisotopic (exact) mass is 280 g/mol. The zero-order chi connectivity index (χ0) is 11.8. The molecule has 2 rings (SSSR count). The number of thiazole rings is 1. The Labute approximate surface area is 104 Å². The Morgan fingerprint density at radius 3 is 2.81 bits per heavy atom. The van der Waals surface area contributed by atoms with E-state index in [2.05, 4.69) is 16.6 Å². The summed E-state index contributed by atoms with van der Waals surface area (Å²) in [5.74, 6) is 0.595. The third-order valence-electron chi connectivity index (χ3n) is 2.74. The van der Waals surface area contributed by atoms with Gasteiger partial charge in [-0.1, -0.05) is 29.9 Å². The molecule has 4 nitrogen and oxygen atoms in total. The van der Waals surface area contributed by atoms with Crippen molar-refractivity contribution in [3.05, 3.63) is 10.7 Å². The largest absolute Gasteiger partial charge is 0.251 e. The van der Waals surface area contributed by atoms with Crippen LogP contribution in [0.3, 0.4) is 0 Å². The van der Waals surface area contributed by atoms with Crippen molar-refractivity contribution in [2.24, 2.45) is 5.92 Å². The van der Waals surface area contributed by atoms with E-state index in [0.29, 0.717) is 5.92 Å². The zero-order valence-corrected chi connectivity index (χ0v) is 11.2. The number of hydrogen-bond acceptors (Lipinski definition) is 4. The maximum atomic E-state index is 11.9. The van der Waals surface area contributed by atoms with Crippen molar-refractivity contribution in [2.75, 3.05) is 0 Å². The maximum absolute atomic E-state index is 11.9. The topological polar surface area (TPSA) is 59.1 Å². The summed E-state index contributed by atoms with van der Waals surface area (Å²) >= 11 is 6.60. The van der Waals surface area contributed by atoms with Gasteiger partial charge >= 0.3 is 0 Å². The van der Waals surface area contributed by atoms with Crippen molar-refractivity contribution in [2.45, 2.75) is 36.4 Å². The van der Waals surface area contributed by atoms with Crippen molar-refractivity contribution >= 4 is 33.0 Å². The van der Waals surface area contributed by atoms with Crippen LogP contribution in [0.4, 0.5) is 0 Å². The minimum Gasteiger partial charge on any atom is -0.232 e. The molecule has 1 saturated carbocycles. The minimum absolute atomic E-state index is 0.0564. The Hall–Kier alpha value is -0.170. The number of halogens is 1. The summed E-state index contributed by atoms with van der Waals surface area (Å²) in [7, 11) is -3.42. The predicted octanol–water partition coefficient (Wildman–Crippen LogP) is 2.26. The van der Waals surface area contributed by atoms with Crippen LogP contribution in [-0.4, -0.2) is 19.4 Å². The molecule has 1 heterocycles. The highest BCUT2D eigenvalue weighted by molar-refractivity contribution is 7.91. The summed E-state index contributed by atoms with van der Waals surface area (Å²) in [6.45, 7) is 2.14. The van der Waals surface area contributed by atoms with E-state index in [1.165, 1.54) is 6.20 Å². The standard InChI is InChI=1S/C9H13ClN2O2S2/c1-6-2-3-7(4-6)12-16(13,14)8-5-11-9(10)15-8/h5-7,12H,2-4H2,1H3. The van der Waals surface area contributed by atoms with Gasteiger partial charge in [0.05, 0.1) is 6.20 Å². The van der Waals surface area contributed by atoms with Crippen molar-refractivity contribution in [3.63, 3.8) is 0 Å². The number of hydrogen-bond donors (Lipinski definition) is 1. The number of nitrogens with one attached hydrogen (secondary N) is 1. The van der Waals surface area contributed by atoms with E-state index in [-0.39, 0.29) is 14.7 Å². The summed E-state index contributed by atoms with van der Waals surface area (Å²) in [6.07, 6.45) is 4.20. The third-order valence-corrected chi connectivity index (χ3v) is 5.83. The van der Waals surface area contributed by atoms with Gasteiger partial charge in [0.2, 0.25) is 0 Å². The van der Waals surface area contributed by atoms with E-state index in [4.69, 9.17) is 11.6 Å². The molecular weight excluding hydrogens is 268 g/mol. The van der Waals surface area contributed by atoms with E-state index in [1.54, 1.807) is 0 Å². The van der Waals surface area contributed by atoms with Crippen LogP contribution < -0.4 is 4.72 Å². The molecule has 0 aliphatic heterocycles. The molecule has 0 aromatic carbocycles. The van der Waals surface area contributed by atoms with Crippen molar-refractivity contribution in [3.8, 4) is 0 Å². The second-order valence-corrected chi connectivity index (χ2v) is 7.72. The second-order valence-electron chi connectivity index (χ2n) is 4.17. The predicted molar refractivity (Wildman–Crippen MR) is 64.2 cm³/mol. The maximum Gasteiger partial charge on any atom is 0.251 e. The van der Waals surface area contributed by atoms with E-state index >= 15 is 0 Å². The van der Waals surface area contributed by atoms with E-state index < -0.39 is 10.0 Å². The summed E-state index contributed by atoms with van der Waals surface area (Å²) in [6, 6.07) is 0.0564. The highest BCUT2D eigenvalue weighted by Gasteiger charge is 2.27. The molecule has 0 amide bonds. The number of nitrogens with zero attached hydrogens (tertiary/aromatic N) is 1. The molecule has 2 unspecified atom stereocenters. The molecule has 7 heteroatoms. The molecule has 1 aliphatic rings. The van der Waals surface area contributed by atoms with E-state index in [0.717, 1.165) is 30.6 Å². The molecule has 1 aromatic rings. The molecular formula is C9H13ClN2O2S2. The molecule has 0 spiro atoms. The van der Waals surface area contributed by atoms with Gasteiger partial charge in [-0.25, -0.2) is 18.1 Å². The highest BCUT2D eigenvalue weighted by atomic mass is 35.5. The molecule has 0 radical (unpaired) electrons. The molecule has 1 aliphatic carbocycles. The number of rotatable bonds is 3. The van der Waals surface area contributed by atoms with Crippen LogP contribution in [0.1, 0.15) is 26.2 Å². The molecule has 0 saturated heterocycles. The highest BCUT2D eigenvalue weighted by Crippen LogP contribution is 2.27.